The van der Waals surface area contributed by atoms with Crippen molar-refractivity contribution in [3.63, 3.8) is 0 Å². The molecule has 19 heavy (non-hydrogen) atoms. The second-order valence-electron chi connectivity index (χ2n) is 3.52. The quantitative estimate of drug-likeness (QED) is 0.825. The van der Waals surface area contributed by atoms with Gasteiger partial charge < -0.3 is 14.5 Å². The van der Waals surface area contributed by atoms with Gasteiger partial charge in [-0.2, -0.15) is 0 Å². The monoisotopic (exact) mass is 327 g/mol. The number of carbonyl (C=O) groups is 2. The molecule has 0 aliphatic rings. The zero-order valence-corrected chi connectivity index (χ0v) is 11.7. The number of hydrogen-bond donors (Lipinski definition) is 2. The van der Waals surface area contributed by atoms with Crippen LogP contribution in [0.2, 0.25) is 0 Å². The molecule has 0 saturated carbocycles. The highest BCUT2D eigenvalue weighted by atomic mass is 79.9. The Balaban J connectivity index is 2.45. The number of amides is 1. The van der Waals surface area contributed by atoms with E-state index < -0.39 is 12.1 Å². The molecule has 1 amide bonds. The van der Waals surface area contributed by atoms with E-state index in [0.29, 0.717) is 21.1 Å². The predicted molar refractivity (Wildman–Crippen MR) is 71.2 cm³/mol. The molecule has 100 valence electrons. The number of rotatable bonds is 2. The topological polar surface area (TPSA) is 93.3 Å². The Labute approximate surface area is 116 Å². The maximum atomic E-state index is 11.5. The molecule has 1 heterocycles. The van der Waals surface area contributed by atoms with Crippen molar-refractivity contribution in [1.82, 2.24) is 9.97 Å². The summed E-state index contributed by atoms with van der Waals surface area (Å²) in [6, 6.07) is 3.26. The van der Waals surface area contributed by atoms with E-state index in [0.717, 1.165) is 0 Å². The number of aromatic amines is 1. The molecule has 0 radical (unpaired) electrons. The van der Waals surface area contributed by atoms with Gasteiger partial charge in [-0.1, -0.05) is 0 Å². The minimum Gasteiger partial charge on any atom is -0.465 e. The summed E-state index contributed by atoms with van der Waals surface area (Å²) in [5.74, 6) is -0.246. The third kappa shape index (κ3) is 2.53. The number of imidazole rings is 1. The number of halogens is 1. The molecule has 0 fully saturated rings. The van der Waals surface area contributed by atoms with Crippen molar-refractivity contribution in [2.24, 2.45) is 0 Å². The van der Waals surface area contributed by atoms with Gasteiger partial charge in [0.15, 0.2) is 0 Å². The molecule has 0 unspecified atom stereocenters. The fourth-order valence-electron chi connectivity index (χ4n) is 1.52. The summed E-state index contributed by atoms with van der Waals surface area (Å²) >= 11 is 3.29. The van der Waals surface area contributed by atoms with Crippen molar-refractivity contribution < 1.29 is 19.1 Å². The van der Waals surface area contributed by atoms with Gasteiger partial charge >= 0.3 is 12.1 Å². The highest BCUT2D eigenvalue weighted by Crippen LogP contribution is 2.27. The second kappa shape index (κ2) is 5.27. The molecule has 0 atom stereocenters. The maximum Gasteiger partial charge on any atom is 0.413 e. The molecule has 1 aromatic heterocycles. The van der Waals surface area contributed by atoms with E-state index in [2.05, 4.69) is 40.7 Å². The molecule has 0 saturated heterocycles. The van der Waals surface area contributed by atoms with E-state index in [9.17, 15) is 9.59 Å². The van der Waals surface area contributed by atoms with Gasteiger partial charge in [-0.05, 0) is 28.1 Å². The van der Waals surface area contributed by atoms with Crippen LogP contribution in [0.3, 0.4) is 0 Å². The van der Waals surface area contributed by atoms with Crippen molar-refractivity contribution in [3.8, 4) is 0 Å². The zero-order chi connectivity index (χ0) is 14.0. The van der Waals surface area contributed by atoms with Gasteiger partial charge in [0.05, 0.1) is 29.8 Å². The zero-order valence-electron chi connectivity index (χ0n) is 10.1. The van der Waals surface area contributed by atoms with Crippen LogP contribution in [0, 0.1) is 0 Å². The molecule has 0 spiro atoms. The highest BCUT2D eigenvalue weighted by molar-refractivity contribution is 9.10. The number of anilines is 1. The number of methoxy groups -OCH3 is 2. The SMILES string of the molecule is COC(=O)Nc1nc2c(Br)c(C(=O)OC)ccc2[nH]1. The van der Waals surface area contributed by atoms with E-state index in [4.69, 9.17) is 0 Å². The number of ether oxygens (including phenoxy) is 2. The van der Waals surface area contributed by atoms with Crippen molar-refractivity contribution in [2.45, 2.75) is 0 Å². The Morgan fingerprint density at radius 2 is 2.05 bits per heavy atom. The summed E-state index contributed by atoms with van der Waals surface area (Å²) in [5.41, 5.74) is 1.52. The van der Waals surface area contributed by atoms with Crippen LogP contribution in [0.25, 0.3) is 11.0 Å². The number of hydrogen-bond acceptors (Lipinski definition) is 5. The summed E-state index contributed by atoms with van der Waals surface area (Å²) in [4.78, 5) is 29.7. The molecule has 8 heteroatoms. The van der Waals surface area contributed by atoms with Crippen LogP contribution in [0.5, 0.6) is 0 Å². The van der Waals surface area contributed by atoms with Crippen LogP contribution in [0.15, 0.2) is 16.6 Å². The third-order valence-electron chi connectivity index (χ3n) is 2.40. The summed E-state index contributed by atoms with van der Waals surface area (Å²) in [7, 11) is 2.55. The smallest absolute Gasteiger partial charge is 0.413 e. The lowest BCUT2D eigenvalue weighted by Crippen LogP contribution is -2.11. The number of benzene rings is 1. The fourth-order valence-corrected chi connectivity index (χ4v) is 2.11. The summed E-state index contributed by atoms with van der Waals surface area (Å²) < 4.78 is 9.61. The van der Waals surface area contributed by atoms with Gasteiger partial charge in [0.25, 0.3) is 0 Å². The van der Waals surface area contributed by atoms with Crippen LogP contribution in [0.1, 0.15) is 10.4 Å². The van der Waals surface area contributed by atoms with E-state index in [1.807, 2.05) is 0 Å². The minimum atomic E-state index is -0.636. The maximum absolute atomic E-state index is 11.5. The number of aromatic nitrogens is 2. The average Bonchev–Trinajstić information content (AvgIpc) is 2.81. The normalized spacial score (nSPS) is 10.3. The first kappa shape index (κ1) is 13.3. The average molecular weight is 328 g/mol. The van der Waals surface area contributed by atoms with Crippen molar-refractivity contribution in [3.05, 3.63) is 22.2 Å². The molecular formula is C11H10BrN3O4. The molecule has 0 aliphatic heterocycles. The Kier molecular flexibility index (Phi) is 3.70. The van der Waals surface area contributed by atoms with Gasteiger partial charge in [0, 0.05) is 0 Å². The molecule has 0 aliphatic carbocycles. The fraction of sp³-hybridized carbons (Fsp3) is 0.182. The van der Waals surface area contributed by atoms with Gasteiger partial charge in [-0.25, -0.2) is 14.6 Å². The Bertz CT molecular complexity index is 653. The van der Waals surface area contributed by atoms with E-state index in [-0.39, 0.29) is 5.95 Å². The number of esters is 1. The number of fused-ring (bicyclic) bond motifs is 1. The Morgan fingerprint density at radius 1 is 1.32 bits per heavy atom. The predicted octanol–water partition coefficient (Wildman–Crippen LogP) is 2.29. The summed E-state index contributed by atoms with van der Waals surface area (Å²) in [5, 5.41) is 2.41. The van der Waals surface area contributed by atoms with Gasteiger partial charge in [0.2, 0.25) is 5.95 Å². The summed E-state index contributed by atoms with van der Waals surface area (Å²) in [6.07, 6.45) is -0.636. The number of carbonyl (C=O) groups excluding carboxylic acids is 2. The second-order valence-corrected chi connectivity index (χ2v) is 4.31. The van der Waals surface area contributed by atoms with Crippen molar-refractivity contribution in [2.75, 3.05) is 19.5 Å². The lowest BCUT2D eigenvalue weighted by molar-refractivity contribution is 0.0600. The lowest BCUT2D eigenvalue weighted by Gasteiger charge is -2.01. The first-order valence-corrected chi connectivity index (χ1v) is 5.97. The van der Waals surface area contributed by atoms with Gasteiger partial charge in [-0.3, -0.25) is 5.32 Å². The summed E-state index contributed by atoms with van der Waals surface area (Å²) in [6.45, 7) is 0. The molecular weight excluding hydrogens is 318 g/mol. The van der Waals surface area contributed by atoms with E-state index in [1.165, 1.54) is 14.2 Å². The largest absolute Gasteiger partial charge is 0.465 e. The van der Waals surface area contributed by atoms with Crippen molar-refractivity contribution >= 4 is 45.0 Å². The van der Waals surface area contributed by atoms with Crippen LogP contribution in [-0.2, 0) is 9.47 Å². The van der Waals surface area contributed by atoms with Crippen LogP contribution < -0.4 is 5.32 Å². The molecule has 0 bridgehead atoms. The van der Waals surface area contributed by atoms with E-state index in [1.54, 1.807) is 12.1 Å². The number of nitrogens with zero attached hydrogens (tertiary/aromatic N) is 1. The Hall–Kier alpha value is -2.09. The molecule has 1 aromatic carbocycles. The number of H-pyrrole nitrogens is 1. The first-order valence-electron chi connectivity index (χ1n) is 5.18. The molecule has 2 N–H and O–H groups in total. The standard InChI is InChI=1S/C11H10BrN3O4/c1-18-9(16)5-3-4-6-8(7(5)12)14-10(13-6)15-11(17)19-2/h3-4H,1-2H3,(H2,13,14,15,17). The molecule has 2 rings (SSSR count). The van der Waals surface area contributed by atoms with Gasteiger partial charge in [-0.15, -0.1) is 0 Å². The molecule has 7 nitrogen and oxygen atoms in total. The Morgan fingerprint density at radius 3 is 2.68 bits per heavy atom. The van der Waals surface area contributed by atoms with Crippen LogP contribution in [0.4, 0.5) is 10.7 Å². The first-order chi connectivity index (χ1) is 9.06. The molecule has 2 aromatic rings. The van der Waals surface area contributed by atoms with Crippen LogP contribution >= 0.6 is 15.9 Å². The minimum absolute atomic E-state index is 0.226. The van der Waals surface area contributed by atoms with Crippen molar-refractivity contribution in [1.29, 1.82) is 0 Å². The third-order valence-corrected chi connectivity index (χ3v) is 3.21. The van der Waals surface area contributed by atoms with Crippen LogP contribution in [-0.4, -0.2) is 36.3 Å². The van der Waals surface area contributed by atoms with E-state index >= 15 is 0 Å². The number of nitrogens with one attached hydrogen (secondary N) is 2. The lowest BCUT2D eigenvalue weighted by atomic mass is 10.2. The van der Waals surface area contributed by atoms with Gasteiger partial charge in [0.1, 0.15) is 5.52 Å². The highest BCUT2D eigenvalue weighted by Gasteiger charge is 2.16.